The summed E-state index contributed by atoms with van der Waals surface area (Å²) in [5.41, 5.74) is 4.38. The molecule has 0 bridgehead atoms. The molecule has 1 unspecified atom stereocenters. The second kappa shape index (κ2) is 13.2. The predicted octanol–water partition coefficient (Wildman–Crippen LogP) is 5.80. The molecule has 3 aromatic carbocycles. The van der Waals surface area contributed by atoms with Gasteiger partial charge in [0.05, 0.1) is 5.75 Å². The molecule has 4 aromatic rings. The first kappa shape index (κ1) is 28.8. The zero-order chi connectivity index (χ0) is 28.6. The molecule has 0 spiro atoms. The molecule has 1 atom stereocenters. The Morgan fingerprint density at radius 2 is 1.57 bits per heavy atom. The number of carbonyl (C=O) groups excluding carboxylic acids is 2. The number of rotatable bonds is 10. The maximum atomic E-state index is 14.4. The van der Waals surface area contributed by atoms with Gasteiger partial charge in [-0.05, 0) is 67.4 Å². The summed E-state index contributed by atoms with van der Waals surface area (Å²) >= 11 is 1.21. The molecule has 2 amide bonds. The smallest absolute Gasteiger partial charge is 0.251 e. The van der Waals surface area contributed by atoms with Gasteiger partial charge in [0.1, 0.15) is 11.9 Å². The molecule has 0 aliphatic carbocycles. The van der Waals surface area contributed by atoms with Gasteiger partial charge in [0.25, 0.3) is 5.91 Å². The van der Waals surface area contributed by atoms with Crippen LogP contribution >= 0.6 is 11.8 Å². The van der Waals surface area contributed by atoms with Crippen molar-refractivity contribution >= 4 is 35.0 Å². The average Bonchev–Trinajstić information content (AvgIpc) is 2.92. The van der Waals surface area contributed by atoms with Crippen molar-refractivity contribution in [3.05, 3.63) is 113 Å². The van der Waals surface area contributed by atoms with Crippen molar-refractivity contribution in [3.8, 4) is 0 Å². The maximum absolute atomic E-state index is 14.4. The fraction of sp³-hybridized carbons (Fsp3) is 0.226. The lowest BCUT2D eigenvalue weighted by molar-refractivity contribution is -0.137. The summed E-state index contributed by atoms with van der Waals surface area (Å²) in [5, 5.41) is 3.42. The van der Waals surface area contributed by atoms with Crippen LogP contribution in [0.25, 0.3) is 0 Å². The van der Waals surface area contributed by atoms with Crippen molar-refractivity contribution < 1.29 is 14.0 Å². The van der Waals surface area contributed by atoms with Gasteiger partial charge in [-0.2, -0.15) is 0 Å². The minimum atomic E-state index is -1.09. The van der Waals surface area contributed by atoms with E-state index in [-0.39, 0.29) is 18.2 Å². The summed E-state index contributed by atoms with van der Waals surface area (Å²) in [4.78, 5) is 40.0. The Kier molecular flexibility index (Phi) is 9.50. The number of thioether (sulfide) groups is 1. The summed E-state index contributed by atoms with van der Waals surface area (Å²) in [6.07, 6.45) is 0. The number of amides is 2. The second-order valence-electron chi connectivity index (χ2n) is 9.62. The quantitative estimate of drug-likeness (QED) is 0.196. The van der Waals surface area contributed by atoms with Gasteiger partial charge in [-0.3, -0.25) is 9.59 Å². The van der Waals surface area contributed by atoms with E-state index in [1.165, 1.54) is 28.8 Å². The minimum absolute atomic E-state index is 0.00630. The highest BCUT2D eigenvalue weighted by molar-refractivity contribution is 7.99. The molecule has 0 aliphatic heterocycles. The van der Waals surface area contributed by atoms with E-state index in [0.717, 1.165) is 22.6 Å². The lowest BCUT2D eigenvalue weighted by Gasteiger charge is -2.31. The first-order valence-electron chi connectivity index (χ1n) is 12.8. The van der Waals surface area contributed by atoms with E-state index in [1.54, 1.807) is 24.3 Å². The number of halogens is 1. The Labute approximate surface area is 238 Å². The molecule has 1 N–H and O–H groups in total. The molecular formula is C31H32FN5O2S. The van der Waals surface area contributed by atoms with Crippen LogP contribution in [0.2, 0.25) is 0 Å². The van der Waals surface area contributed by atoms with E-state index in [9.17, 15) is 14.0 Å². The normalized spacial score (nSPS) is 11.5. The molecular weight excluding hydrogens is 525 g/mol. The first-order valence-corrected chi connectivity index (χ1v) is 13.8. The highest BCUT2D eigenvalue weighted by atomic mass is 32.2. The molecule has 206 valence electrons. The highest BCUT2D eigenvalue weighted by Gasteiger charge is 2.32. The molecule has 40 heavy (non-hydrogen) atoms. The van der Waals surface area contributed by atoms with Crippen molar-refractivity contribution in [2.24, 2.45) is 0 Å². The number of benzene rings is 3. The van der Waals surface area contributed by atoms with Gasteiger partial charge in [0, 0.05) is 43.4 Å². The number of aromatic nitrogens is 2. The third-order valence-corrected chi connectivity index (χ3v) is 7.01. The molecule has 4 rings (SSSR count). The van der Waals surface area contributed by atoms with Crippen LogP contribution in [0, 0.1) is 19.7 Å². The Balaban J connectivity index is 1.68. The number of hydrogen-bond acceptors (Lipinski definition) is 6. The molecule has 9 heteroatoms. The Hall–Kier alpha value is -4.24. The lowest BCUT2D eigenvalue weighted by Crippen LogP contribution is -2.42. The SMILES string of the molecule is Cc1cc(C)nc(SCC(=O)N(Cc2ccccc2)C(C(=O)Nc2ccc(N(C)C)cc2)c2cccc(F)c2)n1. The van der Waals surface area contributed by atoms with Gasteiger partial charge in [0.2, 0.25) is 5.91 Å². The van der Waals surface area contributed by atoms with Gasteiger partial charge < -0.3 is 15.1 Å². The van der Waals surface area contributed by atoms with Gasteiger partial charge in [0.15, 0.2) is 5.16 Å². The standard InChI is InChI=1S/C31H32FN5O2S/c1-21-17-22(2)34-31(33-21)40-20-28(38)37(19-23-9-6-5-7-10-23)29(24-11-8-12-25(32)18-24)30(39)35-26-13-15-27(16-14-26)36(3)4/h5-18,29H,19-20H2,1-4H3,(H,35,39). The van der Waals surface area contributed by atoms with E-state index < -0.39 is 17.8 Å². The van der Waals surface area contributed by atoms with Crippen LogP contribution in [0.1, 0.15) is 28.6 Å². The number of carbonyl (C=O) groups is 2. The van der Waals surface area contributed by atoms with Crippen molar-refractivity contribution in [2.45, 2.75) is 31.6 Å². The lowest BCUT2D eigenvalue weighted by atomic mass is 10.0. The Morgan fingerprint density at radius 3 is 2.20 bits per heavy atom. The predicted molar refractivity (Wildman–Crippen MR) is 158 cm³/mol. The zero-order valence-corrected chi connectivity index (χ0v) is 23.8. The number of nitrogens with zero attached hydrogens (tertiary/aromatic N) is 4. The summed E-state index contributed by atoms with van der Waals surface area (Å²) in [6, 6.07) is 23.4. The number of anilines is 2. The van der Waals surface area contributed by atoms with Crippen LogP contribution in [0.3, 0.4) is 0 Å². The molecule has 1 heterocycles. The first-order chi connectivity index (χ1) is 19.2. The van der Waals surface area contributed by atoms with E-state index in [1.807, 2.05) is 81.4 Å². The average molecular weight is 558 g/mol. The molecule has 0 radical (unpaired) electrons. The Bertz CT molecular complexity index is 1440. The van der Waals surface area contributed by atoms with Gasteiger partial charge in [-0.25, -0.2) is 14.4 Å². The second-order valence-corrected chi connectivity index (χ2v) is 10.6. The molecule has 0 aliphatic rings. The topological polar surface area (TPSA) is 78.4 Å². The van der Waals surface area contributed by atoms with Crippen LogP contribution in [0.5, 0.6) is 0 Å². The van der Waals surface area contributed by atoms with Crippen LogP contribution in [0.15, 0.2) is 90.1 Å². The molecule has 0 saturated heterocycles. The van der Waals surface area contributed by atoms with E-state index in [4.69, 9.17) is 0 Å². The van der Waals surface area contributed by atoms with E-state index >= 15 is 0 Å². The largest absolute Gasteiger partial charge is 0.378 e. The third kappa shape index (κ3) is 7.66. The van der Waals surface area contributed by atoms with E-state index in [2.05, 4.69) is 15.3 Å². The number of nitrogens with one attached hydrogen (secondary N) is 1. The van der Waals surface area contributed by atoms with Gasteiger partial charge in [-0.15, -0.1) is 0 Å². The van der Waals surface area contributed by atoms with Crippen molar-refractivity contribution in [1.82, 2.24) is 14.9 Å². The minimum Gasteiger partial charge on any atom is -0.378 e. The van der Waals surface area contributed by atoms with Crippen LogP contribution in [-0.4, -0.2) is 46.5 Å². The number of hydrogen-bond donors (Lipinski definition) is 1. The monoisotopic (exact) mass is 557 g/mol. The van der Waals surface area contributed by atoms with Crippen molar-refractivity contribution in [1.29, 1.82) is 0 Å². The van der Waals surface area contributed by atoms with Crippen molar-refractivity contribution in [3.63, 3.8) is 0 Å². The fourth-order valence-corrected chi connectivity index (χ4v) is 5.11. The van der Waals surface area contributed by atoms with Gasteiger partial charge in [-0.1, -0.05) is 54.2 Å². The summed E-state index contributed by atoms with van der Waals surface area (Å²) in [6.45, 7) is 3.90. The fourth-order valence-electron chi connectivity index (χ4n) is 4.27. The van der Waals surface area contributed by atoms with E-state index in [0.29, 0.717) is 16.4 Å². The molecule has 0 saturated carbocycles. The maximum Gasteiger partial charge on any atom is 0.251 e. The van der Waals surface area contributed by atoms with Crippen LogP contribution in [0.4, 0.5) is 15.8 Å². The van der Waals surface area contributed by atoms with Crippen molar-refractivity contribution in [2.75, 3.05) is 30.1 Å². The third-order valence-electron chi connectivity index (χ3n) is 6.18. The summed E-state index contributed by atoms with van der Waals surface area (Å²) < 4.78 is 14.4. The highest BCUT2D eigenvalue weighted by Crippen LogP contribution is 2.28. The van der Waals surface area contributed by atoms with Crippen LogP contribution in [-0.2, 0) is 16.1 Å². The number of aryl methyl sites for hydroxylation is 2. The summed E-state index contributed by atoms with van der Waals surface area (Å²) in [5.74, 6) is -1.23. The van der Waals surface area contributed by atoms with Crippen LogP contribution < -0.4 is 10.2 Å². The molecule has 0 fully saturated rings. The molecule has 1 aromatic heterocycles. The Morgan fingerprint density at radius 1 is 0.900 bits per heavy atom. The zero-order valence-electron chi connectivity index (χ0n) is 23.0. The molecule has 7 nitrogen and oxygen atoms in total. The summed E-state index contributed by atoms with van der Waals surface area (Å²) in [7, 11) is 3.86. The van der Waals surface area contributed by atoms with Gasteiger partial charge >= 0.3 is 0 Å².